The van der Waals surface area contributed by atoms with Crippen molar-refractivity contribution in [3.63, 3.8) is 0 Å². The number of nitrogens with zero attached hydrogens (tertiary/aromatic N) is 4. The van der Waals surface area contributed by atoms with Crippen LogP contribution in [-0.4, -0.2) is 37.0 Å². The molecule has 84 valence electrons. The van der Waals surface area contributed by atoms with Gasteiger partial charge in [0.25, 0.3) is 0 Å². The van der Waals surface area contributed by atoms with Gasteiger partial charge in [-0.25, -0.2) is 4.79 Å². The molecule has 1 N–H and O–H groups in total. The van der Waals surface area contributed by atoms with E-state index in [1.54, 1.807) is 4.52 Å². The first-order valence-electron chi connectivity index (χ1n) is 4.79. The molecule has 0 saturated carbocycles. The molecule has 0 radical (unpaired) electrons. The molecule has 3 heterocycles. The van der Waals surface area contributed by atoms with Crippen molar-refractivity contribution in [2.45, 2.75) is 25.0 Å². The van der Waals surface area contributed by atoms with Crippen LogP contribution in [0.15, 0.2) is 6.33 Å². The van der Waals surface area contributed by atoms with Crippen molar-refractivity contribution in [2.24, 2.45) is 0 Å². The smallest absolute Gasteiger partial charge is 0.332 e. The number of carboxylic acid groups (broad SMARTS) is 1. The summed E-state index contributed by atoms with van der Waals surface area (Å²) in [4.78, 5) is 11.4. The van der Waals surface area contributed by atoms with Gasteiger partial charge in [-0.1, -0.05) is 11.3 Å². The number of ether oxygens (including phenoxy) is 1. The van der Waals surface area contributed by atoms with E-state index in [2.05, 4.69) is 15.3 Å². The second-order valence-corrected chi connectivity index (χ2v) is 4.51. The lowest BCUT2D eigenvalue weighted by Crippen LogP contribution is -2.18. The van der Waals surface area contributed by atoms with Gasteiger partial charge in [0.2, 0.25) is 4.96 Å². The van der Waals surface area contributed by atoms with Crippen LogP contribution >= 0.6 is 11.3 Å². The van der Waals surface area contributed by atoms with Crippen LogP contribution in [0.2, 0.25) is 0 Å². The van der Waals surface area contributed by atoms with Crippen molar-refractivity contribution < 1.29 is 14.6 Å². The normalized spacial score (nSPS) is 25.2. The second-order valence-electron chi connectivity index (χ2n) is 3.53. The van der Waals surface area contributed by atoms with Gasteiger partial charge in [-0.05, 0) is 12.8 Å². The molecule has 0 bridgehead atoms. The second kappa shape index (κ2) is 3.49. The van der Waals surface area contributed by atoms with Crippen LogP contribution in [0.25, 0.3) is 4.96 Å². The van der Waals surface area contributed by atoms with Crippen LogP contribution in [-0.2, 0) is 9.53 Å². The minimum absolute atomic E-state index is 0.229. The largest absolute Gasteiger partial charge is 0.479 e. The summed E-state index contributed by atoms with van der Waals surface area (Å²) < 4.78 is 6.96. The van der Waals surface area contributed by atoms with Crippen LogP contribution in [0.4, 0.5) is 0 Å². The van der Waals surface area contributed by atoms with Gasteiger partial charge in [0.1, 0.15) is 17.4 Å². The molecule has 2 aromatic heterocycles. The fourth-order valence-corrected chi connectivity index (χ4v) is 2.60. The molecular weight excluding hydrogens is 232 g/mol. The van der Waals surface area contributed by atoms with Crippen LogP contribution in [0, 0.1) is 0 Å². The Bertz CT molecular complexity index is 508. The standard InChI is InChI=1S/C8H8N4O3S/c13-7(14)5-2-1-4(15-5)6-11-12-3-9-10-8(12)16-6/h3-5H,1-2H2,(H,13,14). The number of hydrogen-bond acceptors (Lipinski definition) is 6. The quantitative estimate of drug-likeness (QED) is 0.821. The molecule has 0 spiro atoms. The third-order valence-corrected chi connectivity index (χ3v) is 3.48. The number of carbonyl (C=O) groups is 1. The Morgan fingerprint density at radius 1 is 1.62 bits per heavy atom. The van der Waals surface area contributed by atoms with E-state index in [1.807, 2.05) is 0 Å². The molecule has 7 nitrogen and oxygen atoms in total. The maximum atomic E-state index is 10.7. The Kier molecular flexibility index (Phi) is 2.11. The molecule has 1 aliphatic rings. The van der Waals surface area contributed by atoms with E-state index in [1.165, 1.54) is 17.7 Å². The number of aromatic nitrogens is 4. The molecule has 0 aromatic carbocycles. The molecule has 1 saturated heterocycles. The number of carboxylic acids is 1. The van der Waals surface area contributed by atoms with Gasteiger partial charge in [-0.2, -0.15) is 9.61 Å². The fraction of sp³-hybridized carbons (Fsp3) is 0.500. The first kappa shape index (κ1) is 9.67. The Balaban J connectivity index is 1.84. The highest BCUT2D eigenvalue weighted by Gasteiger charge is 2.33. The van der Waals surface area contributed by atoms with Crippen molar-refractivity contribution >= 4 is 22.3 Å². The lowest BCUT2D eigenvalue weighted by Gasteiger charge is -2.06. The van der Waals surface area contributed by atoms with E-state index in [9.17, 15) is 4.79 Å². The van der Waals surface area contributed by atoms with Gasteiger partial charge >= 0.3 is 5.97 Å². The van der Waals surface area contributed by atoms with Crippen LogP contribution in [0.3, 0.4) is 0 Å². The highest BCUT2D eigenvalue weighted by molar-refractivity contribution is 7.16. The predicted molar refractivity (Wildman–Crippen MR) is 53.1 cm³/mol. The van der Waals surface area contributed by atoms with Crippen molar-refractivity contribution in [1.82, 2.24) is 19.8 Å². The van der Waals surface area contributed by atoms with Crippen LogP contribution in [0.5, 0.6) is 0 Å². The zero-order valence-electron chi connectivity index (χ0n) is 8.11. The summed E-state index contributed by atoms with van der Waals surface area (Å²) in [7, 11) is 0. The number of fused-ring (bicyclic) bond motifs is 1. The number of hydrogen-bond donors (Lipinski definition) is 1. The molecular formula is C8H8N4O3S. The molecule has 16 heavy (non-hydrogen) atoms. The van der Waals surface area contributed by atoms with E-state index in [0.29, 0.717) is 17.8 Å². The lowest BCUT2D eigenvalue weighted by molar-refractivity contribution is -0.149. The Morgan fingerprint density at radius 3 is 3.19 bits per heavy atom. The number of aliphatic carboxylic acids is 1. The molecule has 0 amide bonds. The third-order valence-electron chi connectivity index (χ3n) is 2.47. The summed E-state index contributed by atoms with van der Waals surface area (Å²) in [5.41, 5.74) is 0. The van der Waals surface area contributed by atoms with Crippen molar-refractivity contribution in [2.75, 3.05) is 0 Å². The van der Waals surface area contributed by atoms with Gasteiger partial charge in [0.05, 0.1) is 0 Å². The molecule has 0 aliphatic carbocycles. The summed E-state index contributed by atoms with van der Waals surface area (Å²) in [6.45, 7) is 0. The predicted octanol–water partition coefficient (Wildman–Crippen LogP) is 0.490. The molecule has 3 rings (SSSR count). The van der Waals surface area contributed by atoms with Gasteiger partial charge in [0.15, 0.2) is 6.10 Å². The minimum Gasteiger partial charge on any atom is -0.479 e. The van der Waals surface area contributed by atoms with E-state index in [4.69, 9.17) is 9.84 Å². The monoisotopic (exact) mass is 240 g/mol. The topological polar surface area (TPSA) is 89.6 Å². The summed E-state index contributed by atoms with van der Waals surface area (Å²) in [6, 6.07) is 0. The zero-order chi connectivity index (χ0) is 11.1. The minimum atomic E-state index is -0.912. The van der Waals surface area contributed by atoms with Gasteiger partial charge in [0, 0.05) is 0 Å². The van der Waals surface area contributed by atoms with Gasteiger partial charge < -0.3 is 9.84 Å². The first-order valence-corrected chi connectivity index (χ1v) is 5.60. The SMILES string of the molecule is O=C(O)C1CCC(c2nn3cnnc3s2)O1. The number of rotatable bonds is 2. The van der Waals surface area contributed by atoms with E-state index < -0.39 is 12.1 Å². The highest BCUT2D eigenvalue weighted by atomic mass is 32.1. The summed E-state index contributed by atoms with van der Waals surface area (Å²) in [6.07, 6.45) is 1.78. The molecule has 1 fully saturated rings. The average Bonchev–Trinajstić information content (AvgIpc) is 2.91. The fourth-order valence-electron chi connectivity index (χ4n) is 1.71. The third kappa shape index (κ3) is 1.46. The van der Waals surface area contributed by atoms with Crippen LogP contribution < -0.4 is 0 Å². The Morgan fingerprint density at radius 2 is 2.50 bits per heavy atom. The van der Waals surface area contributed by atoms with Gasteiger partial charge in [-0.3, -0.25) is 0 Å². The average molecular weight is 240 g/mol. The lowest BCUT2D eigenvalue weighted by atomic mass is 10.2. The molecule has 8 heteroatoms. The van der Waals surface area contributed by atoms with Gasteiger partial charge in [-0.15, -0.1) is 10.2 Å². The summed E-state index contributed by atoms with van der Waals surface area (Å²) in [5, 5.41) is 21.4. The highest BCUT2D eigenvalue weighted by Crippen LogP contribution is 2.34. The van der Waals surface area contributed by atoms with E-state index >= 15 is 0 Å². The Labute approximate surface area is 93.7 Å². The van der Waals surface area contributed by atoms with Crippen molar-refractivity contribution in [1.29, 1.82) is 0 Å². The summed E-state index contributed by atoms with van der Waals surface area (Å²) >= 11 is 1.38. The van der Waals surface area contributed by atoms with Crippen LogP contribution in [0.1, 0.15) is 24.0 Å². The maximum Gasteiger partial charge on any atom is 0.332 e. The molecule has 2 unspecified atom stereocenters. The van der Waals surface area contributed by atoms with E-state index in [0.717, 1.165) is 5.01 Å². The molecule has 2 atom stereocenters. The zero-order valence-corrected chi connectivity index (χ0v) is 8.92. The maximum absolute atomic E-state index is 10.7. The first-order chi connectivity index (χ1) is 7.74. The van der Waals surface area contributed by atoms with Crippen molar-refractivity contribution in [3.8, 4) is 0 Å². The van der Waals surface area contributed by atoms with Crippen molar-refractivity contribution in [3.05, 3.63) is 11.3 Å². The molecule has 2 aromatic rings. The summed E-state index contributed by atoms with van der Waals surface area (Å²) in [5.74, 6) is -0.912. The van der Waals surface area contributed by atoms with E-state index in [-0.39, 0.29) is 6.10 Å². The Hall–Kier alpha value is -1.54. The molecule has 1 aliphatic heterocycles.